The third kappa shape index (κ3) is 5.28. The lowest BCUT2D eigenvalue weighted by Gasteiger charge is -2.29. The van der Waals surface area contributed by atoms with Gasteiger partial charge in [0.2, 0.25) is 0 Å². The van der Waals surface area contributed by atoms with Crippen LogP contribution < -0.4 is 0 Å². The van der Waals surface area contributed by atoms with Gasteiger partial charge in [0.15, 0.2) is 6.10 Å². The summed E-state index contributed by atoms with van der Waals surface area (Å²) in [6, 6.07) is 15.8. The van der Waals surface area contributed by atoms with Crippen LogP contribution >= 0.6 is 15.9 Å². The lowest BCUT2D eigenvalue weighted by atomic mass is 10.2. The molecule has 0 unspecified atom stereocenters. The van der Waals surface area contributed by atoms with Crippen molar-refractivity contribution in [2.24, 2.45) is 0 Å². The van der Waals surface area contributed by atoms with Gasteiger partial charge in [0.25, 0.3) is 0 Å². The predicted octanol–water partition coefficient (Wildman–Crippen LogP) is 5.05. The fraction of sp³-hybridized carbons (Fsp3) is 0.278. The van der Waals surface area contributed by atoms with Crippen molar-refractivity contribution in [3.8, 4) is 0 Å². The highest BCUT2D eigenvalue weighted by molar-refractivity contribution is 9.10. The molecular weight excluding hydrogens is 420 g/mol. The minimum atomic E-state index is -4.67. The maximum absolute atomic E-state index is 14.0. The summed E-state index contributed by atoms with van der Waals surface area (Å²) in [6.07, 6.45) is -2.48. The Labute approximate surface area is 156 Å². The van der Waals surface area contributed by atoms with Gasteiger partial charge in [0.05, 0.1) is 18.8 Å². The van der Waals surface area contributed by atoms with E-state index in [1.54, 1.807) is 52.3 Å². The average molecular weight is 435 g/mol. The van der Waals surface area contributed by atoms with Crippen molar-refractivity contribution in [3.05, 3.63) is 71.8 Å². The van der Waals surface area contributed by atoms with Crippen LogP contribution in [0, 0.1) is 0 Å². The molecule has 0 spiro atoms. The topological polar surface area (TPSA) is 35.5 Å². The van der Waals surface area contributed by atoms with E-state index >= 15 is 0 Å². The molecule has 3 nitrogen and oxygen atoms in total. The number of halogens is 5. The Bertz CT molecular complexity index is 705. The molecule has 1 atom stereocenters. The Morgan fingerprint density at radius 1 is 0.962 bits per heavy atom. The Morgan fingerprint density at radius 3 is 2.04 bits per heavy atom. The van der Waals surface area contributed by atoms with Gasteiger partial charge in [-0.25, -0.2) is 4.79 Å². The van der Waals surface area contributed by atoms with Gasteiger partial charge in [0.1, 0.15) is 0 Å². The van der Waals surface area contributed by atoms with E-state index in [9.17, 15) is 22.4 Å². The highest BCUT2D eigenvalue weighted by Crippen LogP contribution is 2.43. The molecule has 0 amide bonds. The SMILES string of the molecule is O=C(O[C@H](COCc1ccccc1)C(F)(F)C(F)(F)Br)c1ccccc1. The second-order valence-corrected chi connectivity index (χ2v) is 6.38. The van der Waals surface area contributed by atoms with Gasteiger partial charge < -0.3 is 9.47 Å². The molecule has 0 heterocycles. The van der Waals surface area contributed by atoms with Crippen LogP contribution in [0.15, 0.2) is 60.7 Å². The van der Waals surface area contributed by atoms with E-state index in [1.165, 1.54) is 24.3 Å². The first-order valence-corrected chi connectivity index (χ1v) is 8.33. The number of esters is 1. The van der Waals surface area contributed by atoms with E-state index < -0.39 is 29.4 Å². The molecule has 0 aliphatic carbocycles. The molecule has 0 saturated carbocycles. The van der Waals surface area contributed by atoms with Gasteiger partial charge >= 0.3 is 16.7 Å². The zero-order valence-electron chi connectivity index (χ0n) is 13.4. The maximum Gasteiger partial charge on any atom is 0.367 e. The van der Waals surface area contributed by atoms with Gasteiger partial charge in [-0.2, -0.15) is 17.6 Å². The van der Waals surface area contributed by atoms with E-state index in [1.807, 2.05) is 0 Å². The molecule has 2 aromatic rings. The molecule has 140 valence electrons. The van der Waals surface area contributed by atoms with Crippen molar-refractivity contribution >= 4 is 21.9 Å². The Morgan fingerprint density at radius 2 is 1.50 bits per heavy atom. The van der Waals surface area contributed by atoms with Crippen LogP contribution in [-0.4, -0.2) is 29.4 Å². The summed E-state index contributed by atoms with van der Waals surface area (Å²) in [5.74, 6) is -5.82. The van der Waals surface area contributed by atoms with Crippen molar-refractivity contribution < 1.29 is 31.8 Å². The average Bonchev–Trinajstić information content (AvgIpc) is 2.61. The van der Waals surface area contributed by atoms with Crippen LogP contribution in [0.25, 0.3) is 0 Å². The van der Waals surface area contributed by atoms with Crippen LogP contribution in [-0.2, 0) is 16.1 Å². The third-order valence-corrected chi connectivity index (χ3v) is 3.95. The fourth-order valence-corrected chi connectivity index (χ4v) is 2.28. The summed E-state index contributed by atoms with van der Waals surface area (Å²) >= 11 is 1.65. The highest BCUT2D eigenvalue weighted by Gasteiger charge is 2.61. The number of alkyl halides is 5. The number of hydrogen-bond donors (Lipinski definition) is 0. The molecule has 2 aromatic carbocycles. The predicted molar refractivity (Wildman–Crippen MR) is 90.6 cm³/mol. The van der Waals surface area contributed by atoms with Crippen LogP contribution in [0.3, 0.4) is 0 Å². The van der Waals surface area contributed by atoms with Crippen LogP contribution in [0.5, 0.6) is 0 Å². The van der Waals surface area contributed by atoms with Gasteiger partial charge in [0, 0.05) is 0 Å². The first-order valence-electron chi connectivity index (χ1n) is 7.54. The monoisotopic (exact) mass is 434 g/mol. The first kappa shape index (κ1) is 20.4. The number of ether oxygens (including phenoxy) is 2. The number of carbonyl (C=O) groups is 1. The van der Waals surface area contributed by atoms with Crippen molar-refractivity contribution in [2.45, 2.75) is 23.5 Å². The second kappa shape index (κ2) is 8.64. The van der Waals surface area contributed by atoms with E-state index in [0.29, 0.717) is 5.56 Å². The van der Waals surface area contributed by atoms with E-state index in [2.05, 4.69) is 4.74 Å². The van der Waals surface area contributed by atoms with Crippen molar-refractivity contribution in [1.29, 1.82) is 0 Å². The minimum absolute atomic E-state index is 0.0331. The Kier molecular flexibility index (Phi) is 6.77. The van der Waals surface area contributed by atoms with E-state index in [4.69, 9.17) is 4.74 Å². The standard InChI is InChI=1S/C18H15BrF4O3/c19-18(22,23)17(20,21)15(12-25-11-13-7-3-1-4-8-13)26-16(24)14-9-5-2-6-10-14/h1-10,15H,11-12H2/t15-/m1/s1. The van der Waals surface area contributed by atoms with Gasteiger partial charge in [-0.15, -0.1) is 0 Å². The molecule has 8 heteroatoms. The van der Waals surface area contributed by atoms with E-state index in [-0.39, 0.29) is 12.2 Å². The number of rotatable bonds is 8. The van der Waals surface area contributed by atoms with Crippen molar-refractivity contribution in [2.75, 3.05) is 6.61 Å². The molecule has 0 radical (unpaired) electrons. The maximum atomic E-state index is 14.0. The molecule has 0 aliphatic rings. The second-order valence-electron chi connectivity index (χ2n) is 5.38. The number of carbonyl (C=O) groups excluding carboxylic acids is 1. The molecule has 0 aromatic heterocycles. The zero-order valence-corrected chi connectivity index (χ0v) is 15.0. The smallest absolute Gasteiger partial charge is 0.367 e. The molecule has 0 N–H and O–H groups in total. The normalized spacial score (nSPS) is 13.3. The summed E-state index contributed by atoms with van der Waals surface area (Å²) in [5.41, 5.74) is 0.629. The summed E-state index contributed by atoms with van der Waals surface area (Å²) in [6.45, 7) is -0.994. The lowest BCUT2D eigenvalue weighted by molar-refractivity contribution is -0.217. The summed E-state index contributed by atoms with van der Waals surface area (Å²) < 4.78 is 64.4. The fourth-order valence-electron chi connectivity index (χ4n) is 2.02. The van der Waals surface area contributed by atoms with Gasteiger partial charge in [-0.05, 0) is 33.6 Å². The largest absolute Gasteiger partial charge is 0.450 e. The molecule has 0 fully saturated rings. The zero-order chi connectivity index (χ0) is 19.2. The van der Waals surface area contributed by atoms with Gasteiger partial charge in [-0.3, -0.25) is 0 Å². The molecule has 0 bridgehead atoms. The Balaban J connectivity index is 2.10. The summed E-state index contributed by atoms with van der Waals surface area (Å²) in [7, 11) is 0. The summed E-state index contributed by atoms with van der Waals surface area (Å²) in [5, 5.41) is 0. The third-order valence-electron chi connectivity index (χ3n) is 3.42. The van der Waals surface area contributed by atoms with Crippen LogP contribution in [0.1, 0.15) is 15.9 Å². The quantitative estimate of drug-likeness (QED) is 0.331. The van der Waals surface area contributed by atoms with Crippen LogP contribution in [0.2, 0.25) is 0 Å². The number of hydrogen-bond acceptors (Lipinski definition) is 3. The number of benzene rings is 2. The van der Waals surface area contributed by atoms with Crippen molar-refractivity contribution in [1.82, 2.24) is 0 Å². The molecule has 2 rings (SSSR count). The lowest BCUT2D eigenvalue weighted by Crippen LogP contribution is -2.50. The van der Waals surface area contributed by atoms with E-state index in [0.717, 1.165) is 0 Å². The first-order chi connectivity index (χ1) is 12.2. The van der Waals surface area contributed by atoms with Crippen LogP contribution in [0.4, 0.5) is 17.6 Å². The minimum Gasteiger partial charge on any atom is -0.450 e. The molecule has 26 heavy (non-hydrogen) atoms. The summed E-state index contributed by atoms with van der Waals surface area (Å²) in [4.78, 5) is 7.42. The molecule has 0 saturated heterocycles. The van der Waals surface area contributed by atoms with Gasteiger partial charge in [-0.1, -0.05) is 48.5 Å². The molecular formula is C18H15BrF4O3. The highest BCUT2D eigenvalue weighted by atomic mass is 79.9. The molecule has 0 aliphatic heterocycles. The Hall–Kier alpha value is -1.93. The van der Waals surface area contributed by atoms with Crippen molar-refractivity contribution in [3.63, 3.8) is 0 Å².